The van der Waals surface area contributed by atoms with Gasteiger partial charge in [-0.2, -0.15) is 0 Å². The van der Waals surface area contributed by atoms with Crippen LogP contribution in [0.5, 0.6) is 5.75 Å². The number of nitrogens with zero attached hydrogens (tertiary/aromatic N) is 1. The first-order valence-electron chi connectivity index (χ1n) is 7.57. The molecule has 0 aliphatic carbocycles. The zero-order valence-corrected chi connectivity index (χ0v) is 14.2. The van der Waals surface area contributed by atoms with Crippen molar-refractivity contribution in [3.8, 4) is 5.75 Å². The fraction of sp³-hybridized carbons (Fsp3) is 0.500. The van der Waals surface area contributed by atoms with E-state index in [0.717, 1.165) is 6.07 Å². The number of carbonyl (C=O) groups is 2. The van der Waals surface area contributed by atoms with Crippen LogP contribution in [0.15, 0.2) is 12.1 Å². The summed E-state index contributed by atoms with van der Waals surface area (Å²) in [4.78, 5) is 34.3. The number of aliphatic carboxylic acids is 1. The van der Waals surface area contributed by atoms with Gasteiger partial charge in [0.1, 0.15) is 5.75 Å². The van der Waals surface area contributed by atoms with E-state index in [0.29, 0.717) is 18.4 Å². The summed E-state index contributed by atoms with van der Waals surface area (Å²) >= 11 is 0. The molecule has 0 atom stereocenters. The summed E-state index contributed by atoms with van der Waals surface area (Å²) in [6, 6.07) is 2.56. The maximum absolute atomic E-state index is 12.3. The van der Waals surface area contributed by atoms with Gasteiger partial charge < -0.3 is 15.2 Å². The van der Waals surface area contributed by atoms with Crippen molar-refractivity contribution in [3.63, 3.8) is 0 Å². The summed E-state index contributed by atoms with van der Waals surface area (Å²) in [6.45, 7) is 4.95. The van der Waals surface area contributed by atoms with Crippen molar-refractivity contribution in [1.82, 2.24) is 5.32 Å². The molecule has 24 heavy (non-hydrogen) atoms. The predicted octanol–water partition coefficient (Wildman–Crippen LogP) is 2.53. The quantitative estimate of drug-likeness (QED) is 0.555. The highest BCUT2D eigenvalue weighted by Crippen LogP contribution is 2.30. The standard InChI is InChI=1S/C16H22N2O6/c1-5-16(6-2,15(20)21)9-17-14(19)11-7-12(18(22)23)10(3)13(8-11)24-4/h7-8H,5-6,9H2,1-4H3,(H,17,19)(H,20,21). The summed E-state index contributed by atoms with van der Waals surface area (Å²) < 4.78 is 5.07. The third-order valence-corrected chi connectivity index (χ3v) is 4.41. The molecule has 1 aromatic carbocycles. The molecule has 0 bridgehead atoms. The van der Waals surface area contributed by atoms with Crippen LogP contribution in [-0.2, 0) is 4.79 Å². The van der Waals surface area contributed by atoms with Gasteiger partial charge in [0.05, 0.1) is 23.0 Å². The Kier molecular flexibility index (Phi) is 6.27. The van der Waals surface area contributed by atoms with Gasteiger partial charge in [-0.25, -0.2) is 0 Å². The summed E-state index contributed by atoms with van der Waals surface area (Å²) in [5.74, 6) is -1.34. The molecule has 0 radical (unpaired) electrons. The Morgan fingerprint density at radius 1 is 1.33 bits per heavy atom. The Hall–Kier alpha value is -2.64. The van der Waals surface area contributed by atoms with E-state index < -0.39 is 22.2 Å². The minimum Gasteiger partial charge on any atom is -0.496 e. The first-order chi connectivity index (χ1) is 11.2. The number of hydrogen-bond donors (Lipinski definition) is 2. The number of ether oxygens (including phenoxy) is 1. The second-order valence-corrected chi connectivity index (χ2v) is 5.56. The van der Waals surface area contributed by atoms with Crippen LogP contribution in [0.2, 0.25) is 0 Å². The van der Waals surface area contributed by atoms with Crippen molar-refractivity contribution in [3.05, 3.63) is 33.4 Å². The molecule has 0 aromatic heterocycles. The molecule has 8 heteroatoms. The average molecular weight is 338 g/mol. The van der Waals surface area contributed by atoms with E-state index in [1.807, 2.05) is 0 Å². The third kappa shape index (κ3) is 3.81. The molecule has 0 spiro atoms. The van der Waals surface area contributed by atoms with E-state index in [4.69, 9.17) is 4.74 Å². The van der Waals surface area contributed by atoms with E-state index in [-0.39, 0.29) is 23.5 Å². The zero-order chi connectivity index (χ0) is 18.5. The highest BCUT2D eigenvalue weighted by molar-refractivity contribution is 5.96. The molecule has 0 unspecified atom stereocenters. The number of carbonyl (C=O) groups excluding carboxylic acids is 1. The van der Waals surface area contributed by atoms with E-state index in [9.17, 15) is 24.8 Å². The van der Waals surface area contributed by atoms with Gasteiger partial charge in [-0.05, 0) is 25.8 Å². The number of benzene rings is 1. The van der Waals surface area contributed by atoms with Gasteiger partial charge in [0.2, 0.25) is 0 Å². The minimum absolute atomic E-state index is 0.0515. The van der Waals surface area contributed by atoms with Gasteiger partial charge in [-0.3, -0.25) is 19.7 Å². The molecule has 1 amide bonds. The zero-order valence-electron chi connectivity index (χ0n) is 14.2. The second-order valence-electron chi connectivity index (χ2n) is 5.56. The molecule has 0 heterocycles. The number of carboxylic acids is 1. The van der Waals surface area contributed by atoms with Crippen molar-refractivity contribution < 1.29 is 24.4 Å². The van der Waals surface area contributed by atoms with Crippen LogP contribution in [0.3, 0.4) is 0 Å². The lowest BCUT2D eigenvalue weighted by molar-refractivity contribution is -0.385. The van der Waals surface area contributed by atoms with E-state index in [1.54, 1.807) is 13.8 Å². The topological polar surface area (TPSA) is 119 Å². The minimum atomic E-state index is -1.06. The van der Waals surface area contributed by atoms with Crippen LogP contribution in [-0.4, -0.2) is 35.6 Å². The smallest absolute Gasteiger partial charge is 0.311 e. The lowest BCUT2D eigenvalue weighted by Gasteiger charge is -2.26. The first kappa shape index (κ1) is 19.4. The predicted molar refractivity (Wildman–Crippen MR) is 87.4 cm³/mol. The Labute approximate surface area is 140 Å². The summed E-state index contributed by atoms with van der Waals surface area (Å²) in [5, 5.41) is 23.0. The number of amides is 1. The molecule has 132 valence electrons. The number of carboxylic acid groups (broad SMARTS) is 1. The molecular weight excluding hydrogens is 316 g/mol. The highest BCUT2D eigenvalue weighted by Gasteiger charge is 2.35. The number of nitro benzene ring substituents is 1. The lowest BCUT2D eigenvalue weighted by atomic mass is 9.82. The van der Waals surface area contributed by atoms with E-state index in [2.05, 4.69) is 5.32 Å². The molecule has 1 aromatic rings. The Bertz CT molecular complexity index is 652. The molecule has 0 saturated carbocycles. The number of nitrogens with one attached hydrogen (secondary N) is 1. The van der Waals surface area contributed by atoms with Gasteiger partial charge in [0, 0.05) is 18.2 Å². The Balaban J connectivity index is 3.10. The van der Waals surface area contributed by atoms with Crippen LogP contribution in [0.25, 0.3) is 0 Å². The van der Waals surface area contributed by atoms with Crippen molar-refractivity contribution in [2.45, 2.75) is 33.6 Å². The first-order valence-corrected chi connectivity index (χ1v) is 7.57. The molecule has 1 rings (SSSR count). The molecule has 0 fully saturated rings. The molecule has 0 aliphatic heterocycles. The average Bonchev–Trinajstić information content (AvgIpc) is 2.55. The normalized spacial score (nSPS) is 11.0. The van der Waals surface area contributed by atoms with Gasteiger partial charge in [0.25, 0.3) is 11.6 Å². The van der Waals surface area contributed by atoms with Crippen LogP contribution >= 0.6 is 0 Å². The Morgan fingerprint density at radius 3 is 2.33 bits per heavy atom. The molecule has 8 nitrogen and oxygen atoms in total. The molecule has 0 saturated heterocycles. The van der Waals surface area contributed by atoms with Crippen molar-refractivity contribution in [2.75, 3.05) is 13.7 Å². The summed E-state index contributed by atoms with van der Waals surface area (Å²) in [5.41, 5.74) is -0.914. The van der Waals surface area contributed by atoms with Crippen molar-refractivity contribution in [2.24, 2.45) is 5.41 Å². The van der Waals surface area contributed by atoms with Crippen LogP contribution in [0.1, 0.15) is 42.6 Å². The number of nitro groups is 1. The fourth-order valence-electron chi connectivity index (χ4n) is 2.44. The van der Waals surface area contributed by atoms with Crippen LogP contribution in [0.4, 0.5) is 5.69 Å². The van der Waals surface area contributed by atoms with Crippen molar-refractivity contribution in [1.29, 1.82) is 0 Å². The van der Waals surface area contributed by atoms with Crippen LogP contribution < -0.4 is 10.1 Å². The maximum Gasteiger partial charge on any atom is 0.311 e. The number of methoxy groups -OCH3 is 1. The largest absolute Gasteiger partial charge is 0.496 e. The fourth-order valence-corrected chi connectivity index (χ4v) is 2.44. The van der Waals surface area contributed by atoms with E-state index in [1.165, 1.54) is 20.1 Å². The molecule has 0 aliphatic rings. The van der Waals surface area contributed by atoms with E-state index >= 15 is 0 Å². The number of rotatable bonds is 8. The molecule has 2 N–H and O–H groups in total. The molecular formula is C16H22N2O6. The van der Waals surface area contributed by atoms with Crippen LogP contribution in [0, 0.1) is 22.5 Å². The summed E-state index contributed by atoms with van der Waals surface area (Å²) in [6.07, 6.45) is 0.715. The summed E-state index contributed by atoms with van der Waals surface area (Å²) in [7, 11) is 1.36. The maximum atomic E-state index is 12.3. The van der Waals surface area contributed by atoms with Gasteiger partial charge in [0.15, 0.2) is 0 Å². The van der Waals surface area contributed by atoms with Gasteiger partial charge in [-0.15, -0.1) is 0 Å². The van der Waals surface area contributed by atoms with Gasteiger partial charge >= 0.3 is 5.97 Å². The second kappa shape index (κ2) is 7.76. The SMILES string of the molecule is CCC(CC)(CNC(=O)c1cc(OC)c(C)c([N+](=O)[O-])c1)C(=O)O. The highest BCUT2D eigenvalue weighted by atomic mass is 16.6. The lowest BCUT2D eigenvalue weighted by Crippen LogP contribution is -2.42. The monoisotopic (exact) mass is 338 g/mol. The Morgan fingerprint density at radius 2 is 1.92 bits per heavy atom. The van der Waals surface area contributed by atoms with Crippen molar-refractivity contribution >= 4 is 17.6 Å². The third-order valence-electron chi connectivity index (χ3n) is 4.41. The number of hydrogen-bond acceptors (Lipinski definition) is 5. The van der Waals surface area contributed by atoms with Gasteiger partial charge in [-0.1, -0.05) is 13.8 Å².